The normalized spacial score (nSPS) is 10.6. The molecule has 0 unspecified atom stereocenters. The third-order valence-corrected chi connectivity index (χ3v) is 2.09. The van der Waals surface area contributed by atoms with Crippen molar-refractivity contribution in [1.29, 1.82) is 0 Å². The smallest absolute Gasteiger partial charge is 0.735 e. The van der Waals surface area contributed by atoms with Crippen molar-refractivity contribution in [3.05, 3.63) is 35.9 Å². The molecule has 0 spiro atoms. The summed E-state index contributed by atoms with van der Waals surface area (Å²) in [5.74, 6) is 0. The molecule has 6 heteroatoms. The van der Waals surface area contributed by atoms with E-state index >= 15 is 0 Å². The summed E-state index contributed by atoms with van der Waals surface area (Å²) in [4.78, 5) is 0. The van der Waals surface area contributed by atoms with Gasteiger partial charge in [0, 0.05) is 6.54 Å². The largest absolute Gasteiger partial charge is 1.00 e. The Morgan fingerprint density at radius 2 is 1.79 bits per heavy atom. The zero-order valence-corrected chi connectivity index (χ0v) is 10.8. The Balaban J connectivity index is 0.00000169. The molecule has 0 amide bonds. The molecule has 0 saturated carbocycles. The Hall–Kier alpha value is 0.0900. The first-order valence-corrected chi connectivity index (χ1v) is 5.23. The van der Waals surface area contributed by atoms with Gasteiger partial charge in [0.15, 0.2) is 10.3 Å². The quantitative estimate of drug-likeness (QED) is 0.445. The number of hydrogen-bond acceptors (Lipinski definition) is 3. The van der Waals surface area contributed by atoms with Gasteiger partial charge in [-0.05, 0) is 12.0 Å². The van der Waals surface area contributed by atoms with Crippen LogP contribution in [0.25, 0.3) is 0 Å². The molecule has 0 atom stereocenters. The van der Waals surface area contributed by atoms with Gasteiger partial charge in [-0.15, -0.1) is 0 Å². The maximum Gasteiger partial charge on any atom is 1.00 e. The second-order valence-corrected chi connectivity index (χ2v) is 3.78. The minimum atomic E-state index is -4.29. The summed E-state index contributed by atoms with van der Waals surface area (Å²) >= 11 is 0. The van der Waals surface area contributed by atoms with Crippen LogP contribution < -0.4 is 34.3 Å². The van der Waals surface area contributed by atoms with Gasteiger partial charge in [-0.3, -0.25) is 0 Å². The maximum atomic E-state index is 10.2. The van der Waals surface area contributed by atoms with Crippen molar-refractivity contribution in [3.8, 4) is 0 Å². The van der Waals surface area contributed by atoms with Gasteiger partial charge in [-0.25, -0.2) is 13.1 Å². The average Bonchev–Trinajstić information content (AvgIpc) is 2.04. The molecule has 0 heterocycles. The van der Waals surface area contributed by atoms with Gasteiger partial charge in [0.25, 0.3) is 0 Å². The molecule has 0 bridgehead atoms. The summed E-state index contributed by atoms with van der Waals surface area (Å²) in [5, 5.41) is 0. The molecule has 1 N–H and O–H groups in total. The number of nitrogens with one attached hydrogen (secondary N) is 1. The molecule has 1 rings (SSSR count). The van der Waals surface area contributed by atoms with Crippen LogP contribution in [-0.4, -0.2) is 19.5 Å². The molecule has 0 saturated heterocycles. The van der Waals surface area contributed by atoms with E-state index in [0.717, 1.165) is 5.56 Å². The molecule has 72 valence electrons. The van der Waals surface area contributed by atoms with Crippen LogP contribution in [0, 0.1) is 0 Å². The van der Waals surface area contributed by atoms with Crippen LogP contribution >= 0.6 is 0 Å². The predicted molar refractivity (Wildman–Crippen MR) is 47.8 cm³/mol. The summed E-state index contributed by atoms with van der Waals surface area (Å²) in [6, 6.07) is 9.35. The molecule has 0 fully saturated rings. The SMILES string of the molecule is O=S(=O)([O-])NCCc1ccccc1.[Na+]. The van der Waals surface area contributed by atoms with Crippen LogP contribution in [0.1, 0.15) is 5.56 Å². The third-order valence-electron chi connectivity index (χ3n) is 1.54. The predicted octanol–water partition coefficient (Wildman–Crippen LogP) is -2.72. The first-order valence-electron chi connectivity index (χ1n) is 3.82. The van der Waals surface area contributed by atoms with Crippen molar-refractivity contribution in [3.63, 3.8) is 0 Å². The summed E-state index contributed by atoms with van der Waals surface area (Å²) in [5.41, 5.74) is 0.999. The van der Waals surface area contributed by atoms with Gasteiger partial charge in [-0.2, -0.15) is 0 Å². The van der Waals surface area contributed by atoms with Gasteiger partial charge in [0.1, 0.15) is 0 Å². The molecule has 4 nitrogen and oxygen atoms in total. The first-order chi connectivity index (χ1) is 6.08. The minimum absolute atomic E-state index is 0. The molecular weight excluding hydrogens is 213 g/mol. The van der Waals surface area contributed by atoms with Gasteiger partial charge in [0.2, 0.25) is 0 Å². The molecular formula is C8H10NNaO3S. The van der Waals surface area contributed by atoms with Crippen molar-refractivity contribution in [1.82, 2.24) is 4.72 Å². The maximum absolute atomic E-state index is 10.2. The van der Waals surface area contributed by atoms with E-state index in [4.69, 9.17) is 0 Å². The molecule has 0 aliphatic heterocycles. The average molecular weight is 223 g/mol. The molecule has 14 heavy (non-hydrogen) atoms. The van der Waals surface area contributed by atoms with E-state index in [2.05, 4.69) is 0 Å². The summed E-state index contributed by atoms with van der Waals surface area (Å²) in [6.07, 6.45) is 0.530. The monoisotopic (exact) mass is 223 g/mol. The van der Waals surface area contributed by atoms with Crippen molar-refractivity contribution in [2.24, 2.45) is 0 Å². The van der Waals surface area contributed by atoms with Crippen LogP contribution in [0.4, 0.5) is 0 Å². The zero-order valence-electron chi connectivity index (χ0n) is 7.93. The van der Waals surface area contributed by atoms with E-state index in [-0.39, 0.29) is 36.1 Å². The molecule has 0 aliphatic rings. The van der Waals surface area contributed by atoms with Crippen LogP contribution in [0.3, 0.4) is 0 Å². The molecule has 0 aliphatic carbocycles. The zero-order chi connectivity index (χ0) is 9.73. The number of benzene rings is 1. The van der Waals surface area contributed by atoms with Gasteiger partial charge in [-0.1, -0.05) is 30.3 Å². The molecule has 1 aromatic rings. The van der Waals surface area contributed by atoms with E-state index < -0.39 is 10.3 Å². The summed E-state index contributed by atoms with van der Waals surface area (Å²) < 4.78 is 32.4. The Bertz CT molecular complexity index is 352. The van der Waals surface area contributed by atoms with Crippen molar-refractivity contribution in [2.75, 3.05) is 6.54 Å². The Kier molecular flexibility index (Phi) is 6.59. The third kappa shape index (κ3) is 6.53. The van der Waals surface area contributed by atoms with Crippen molar-refractivity contribution >= 4 is 10.3 Å². The van der Waals surface area contributed by atoms with Crippen molar-refractivity contribution < 1.29 is 42.5 Å². The Labute approximate surface area is 106 Å². The summed E-state index contributed by atoms with van der Waals surface area (Å²) in [7, 11) is -4.29. The van der Waals surface area contributed by atoms with E-state index in [1.807, 2.05) is 35.1 Å². The topological polar surface area (TPSA) is 69.2 Å². The van der Waals surface area contributed by atoms with Crippen LogP contribution in [-0.2, 0) is 16.7 Å². The van der Waals surface area contributed by atoms with Gasteiger partial charge >= 0.3 is 29.6 Å². The first kappa shape index (κ1) is 14.1. The number of rotatable bonds is 4. The second-order valence-electron chi connectivity index (χ2n) is 2.58. The van der Waals surface area contributed by atoms with Gasteiger partial charge < -0.3 is 4.55 Å². The Morgan fingerprint density at radius 1 is 1.21 bits per heavy atom. The van der Waals surface area contributed by atoms with E-state index in [9.17, 15) is 13.0 Å². The van der Waals surface area contributed by atoms with Crippen LogP contribution in [0.15, 0.2) is 30.3 Å². The van der Waals surface area contributed by atoms with E-state index in [1.54, 1.807) is 0 Å². The molecule has 0 aromatic heterocycles. The van der Waals surface area contributed by atoms with E-state index in [0.29, 0.717) is 6.42 Å². The van der Waals surface area contributed by atoms with E-state index in [1.165, 1.54) is 0 Å². The molecule has 1 aromatic carbocycles. The fourth-order valence-corrected chi connectivity index (χ4v) is 1.32. The summed E-state index contributed by atoms with van der Waals surface area (Å²) in [6.45, 7) is 0.149. The van der Waals surface area contributed by atoms with Gasteiger partial charge in [0.05, 0.1) is 0 Å². The Morgan fingerprint density at radius 3 is 2.29 bits per heavy atom. The standard InChI is InChI=1S/C8H11NO3S.Na/c10-13(11,12)9-7-6-8-4-2-1-3-5-8;/h1-5,9H,6-7H2,(H,10,11,12);/q;+1/p-1. The molecule has 0 radical (unpaired) electrons. The van der Waals surface area contributed by atoms with Crippen molar-refractivity contribution in [2.45, 2.75) is 6.42 Å². The second kappa shape index (κ2) is 6.55. The van der Waals surface area contributed by atoms with Crippen LogP contribution in [0.5, 0.6) is 0 Å². The fraction of sp³-hybridized carbons (Fsp3) is 0.250. The minimum Gasteiger partial charge on any atom is -0.735 e. The fourth-order valence-electron chi connectivity index (χ4n) is 0.965. The van der Waals surface area contributed by atoms with Crippen LogP contribution in [0.2, 0.25) is 0 Å². The number of hydrogen-bond donors (Lipinski definition) is 1.